The molecule has 0 amide bonds. The molecule has 4 rings (SSSR count). The Hall–Kier alpha value is -0.600. The molecule has 3 fully saturated rings. The Kier molecular flexibility index (Phi) is 1.17. The van der Waals surface area contributed by atoms with E-state index >= 15 is 0 Å². The number of hydrogen-bond donors (Lipinski definition) is 0. The summed E-state index contributed by atoms with van der Waals surface area (Å²) < 4.78 is 11.8. The Morgan fingerprint density at radius 1 is 1.14 bits per heavy atom. The quantitative estimate of drug-likeness (QED) is 0.590. The molecule has 4 aliphatic rings. The molecule has 0 aromatic carbocycles. The highest BCUT2D eigenvalue weighted by Gasteiger charge is 2.78. The van der Waals surface area contributed by atoms with Gasteiger partial charge >= 0.3 is 0 Å². The highest BCUT2D eigenvalue weighted by atomic mass is 16.7. The van der Waals surface area contributed by atoms with Crippen LogP contribution >= 0.6 is 0 Å². The monoisotopic (exact) mass is 190 g/mol. The second kappa shape index (κ2) is 2.15. The summed E-state index contributed by atoms with van der Waals surface area (Å²) in [4.78, 5) is 0. The molecule has 2 heterocycles. The molecule has 0 radical (unpaired) electrons. The molecule has 4 unspecified atom stereocenters. The van der Waals surface area contributed by atoms with Crippen LogP contribution < -0.4 is 0 Å². The average molecular weight is 190 g/mol. The number of rotatable bonds is 1. The van der Waals surface area contributed by atoms with Gasteiger partial charge in [0.1, 0.15) is 17.3 Å². The van der Waals surface area contributed by atoms with Crippen molar-refractivity contribution in [2.45, 2.75) is 49.1 Å². The highest BCUT2D eigenvalue weighted by molar-refractivity contribution is 5.41. The molecule has 1 saturated carbocycles. The van der Waals surface area contributed by atoms with Crippen molar-refractivity contribution in [2.75, 3.05) is 0 Å². The summed E-state index contributed by atoms with van der Waals surface area (Å²) in [7, 11) is 0. The van der Waals surface area contributed by atoms with Gasteiger partial charge in [-0.05, 0) is 18.9 Å². The smallest absolute Gasteiger partial charge is 0.148 e. The molecular weight excluding hydrogens is 176 g/mol. The SMILES string of the molecule is C1=CC2OC2(C23CCCCC2O3)C=C1. The number of hydrogen-bond acceptors (Lipinski definition) is 2. The van der Waals surface area contributed by atoms with Crippen LogP contribution in [0.5, 0.6) is 0 Å². The van der Waals surface area contributed by atoms with E-state index in [1.54, 1.807) is 0 Å². The highest BCUT2D eigenvalue weighted by Crippen LogP contribution is 2.64. The van der Waals surface area contributed by atoms with Crippen molar-refractivity contribution in [3.63, 3.8) is 0 Å². The fraction of sp³-hybridized carbons (Fsp3) is 0.667. The van der Waals surface area contributed by atoms with E-state index in [2.05, 4.69) is 24.3 Å². The minimum absolute atomic E-state index is 0.0627. The Morgan fingerprint density at radius 3 is 3.00 bits per heavy atom. The van der Waals surface area contributed by atoms with Crippen molar-refractivity contribution in [3.05, 3.63) is 24.3 Å². The zero-order valence-electron chi connectivity index (χ0n) is 8.11. The molecule has 74 valence electrons. The van der Waals surface area contributed by atoms with E-state index in [1.807, 2.05) is 0 Å². The molecule has 4 atom stereocenters. The molecular formula is C12H14O2. The van der Waals surface area contributed by atoms with Gasteiger partial charge in [-0.25, -0.2) is 0 Å². The fourth-order valence-electron chi connectivity index (χ4n) is 3.33. The molecule has 0 N–H and O–H groups in total. The number of fused-ring (bicyclic) bond motifs is 3. The largest absolute Gasteiger partial charge is 0.362 e. The Morgan fingerprint density at radius 2 is 2.14 bits per heavy atom. The minimum Gasteiger partial charge on any atom is -0.362 e. The summed E-state index contributed by atoms with van der Waals surface area (Å²) in [5.41, 5.74) is 0.00398. The fourth-order valence-corrected chi connectivity index (χ4v) is 3.33. The first-order valence-corrected chi connectivity index (χ1v) is 5.59. The summed E-state index contributed by atoms with van der Waals surface area (Å²) in [6.45, 7) is 0. The van der Waals surface area contributed by atoms with Crippen LogP contribution in [-0.2, 0) is 9.47 Å². The third-order valence-electron chi connectivity index (χ3n) is 4.17. The summed E-state index contributed by atoms with van der Waals surface area (Å²) >= 11 is 0. The first-order chi connectivity index (χ1) is 6.87. The average Bonchev–Trinajstić information content (AvgIpc) is 3.11. The van der Waals surface area contributed by atoms with Gasteiger partial charge in [-0.2, -0.15) is 0 Å². The Balaban J connectivity index is 1.71. The summed E-state index contributed by atoms with van der Waals surface area (Å²) in [6, 6.07) is 0. The van der Waals surface area contributed by atoms with Crippen molar-refractivity contribution in [1.29, 1.82) is 0 Å². The lowest BCUT2D eigenvalue weighted by molar-refractivity contribution is 0.178. The third kappa shape index (κ3) is 0.686. The molecule has 0 bridgehead atoms. The predicted molar refractivity (Wildman–Crippen MR) is 52.0 cm³/mol. The Labute approximate surface area is 83.6 Å². The van der Waals surface area contributed by atoms with Gasteiger partial charge in [-0.1, -0.05) is 31.1 Å². The number of epoxide rings is 2. The van der Waals surface area contributed by atoms with E-state index in [-0.39, 0.29) is 11.2 Å². The molecule has 0 aromatic rings. The van der Waals surface area contributed by atoms with Crippen LogP contribution in [0.25, 0.3) is 0 Å². The second-order valence-corrected chi connectivity index (χ2v) is 4.82. The molecule has 2 aliphatic carbocycles. The number of allylic oxidation sites excluding steroid dienone is 2. The molecule has 2 heteroatoms. The molecule has 2 nitrogen and oxygen atoms in total. The van der Waals surface area contributed by atoms with Gasteiger partial charge in [-0.3, -0.25) is 0 Å². The van der Waals surface area contributed by atoms with E-state index in [9.17, 15) is 0 Å². The standard InChI is InChI=1S/C12H14O2/c1-3-7-11(9(5-1)13-11)12-8-4-2-6-10(12)14-12/h1,3,5,7,9-10H,2,4,6,8H2. The zero-order chi connectivity index (χ0) is 9.23. The van der Waals surface area contributed by atoms with Gasteiger partial charge in [0.05, 0.1) is 6.10 Å². The van der Waals surface area contributed by atoms with Gasteiger partial charge in [0.2, 0.25) is 0 Å². The van der Waals surface area contributed by atoms with E-state index in [0.29, 0.717) is 12.2 Å². The van der Waals surface area contributed by atoms with Crippen molar-refractivity contribution in [2.24, 2.45) is 0 Å². The molecule has 14 heavy (non-hydrogen) atoms. The van der Waals surface area contributed by atoms with Crippen LogP contribution in [-0.4, -0.2) is 23.4 Å². The molecule has 0 spiro atoms. The van der Waals surface area contributed by atoms with Crippen molar-refractivity contribution in [1.82, 2.24) is 0 Å². The van der Waals surface area contributed by atoms with Crippen LogP contribution in [0, 0.1) is 0 Å². The van der Waals surface area contributed by atoms with Crippen LogP contribution in [0.1, 0.15) is 25.7 Å². The van der Waals surface area contributed by atoms with Gasteiger partial charge in [0, 0.05) is 0 Å². The second-order valence-electron chi connectivity index (χ2n) is 4.82. The van der Waals surface area contributed by atoms with Crippen LogP contribution in [0.2, 0.25) is 0 Å². The lowest BCUT2D eigenvalue weighted by Crippen LogP contribution is -2.38. The molecule has 2 saturated heterocycles. The van der Waals surface area contributed by atoms with Crippen LogP contribution in [0.4, 0.5) is 0 Å². The van der Waals surface area contributed by atoms with E-state index < -0.39 is 0 Å². The molecule has 0 aromatic heterocycles. The van der Waals surface area contributed by atoms with Crippen molar-refractivity contribution in [3.8, 4) is 0 Å². The first kappa shape index (κ1) is 7.66. The van der Waals surface area contributed by atoms with Crippen LogP contribution in [0.15, 0.2) is 24.3 Å². The lowest BCUT2D eigenvalue weighted by Gasteiger charge is -2.22. The minimum atomic E-state index is -0.0627. The summed E-state index contributed by atoms with van der Waals surface area (Å²) in [5.74, 6) is 0. The van der Waals surface area contributed by atoms with Gasteiger partial charge in [0.15, 0.2) is 0 Å². The predicted octanol–water partition coefficient (Wildman–Crippen LogP) is 1.96. The summed E-state index contributed by atoms with van der Waals surface area (Å²) in [6.07, 6.45) is 14.4. The van der Waals surface area contributed by atoms with Gasteiger partial charge in [-0.15, -0.1) is 0 Å². The van der Waals surface area contributed by atoms with Crippen molar-refractivity contribution >= 4 is 0 Å². The van der Waals surface area contributed by atoms with E-state index in [0.717, 1.165) is 0 Å². The maximum Gasteiger partial charge on any atom is 0.148 e. The number of ether oxygens (including phenoxy) is 2. The third-order valence-corrected chi connectivity index (χ3v) is 4.17. The Bertz CT molecular complexity index is 346. The summed E-state index contributed by atoms with van der Waals surface area (Å²) in [5, 5.41) is 0. The molecule has 2 aliphatic heterocycles. The normalized spacial score (nSPS) is 57.7. The van der Waals surface area contributed by atoms with E-state index in [4.69, 9.17) is 9.47 Å². The zero-order valence-corrected chi connectivity index (χ0v) is 8.11. The maximum absolute atomic E-state index is 5.94. The van der Waals surface area contributed by atoms with Gasteiger partial charge < -0.3 is 9.47 Å². The van der Waals surface area contributed by atoms with E-state index in [1.165, 1.54) is 25.7 Å². The topological polar surface area (TPSA) is 25.1 Å². The van der Waals surface area contributed by atoms with Crippen LogP contribution in [0.3, 0.4) is 0 Å². The van der Waals surface area contributed by atoms with Crippen molar-refractivity contribution < 1.29 is 9.47 Å². The first-order valence-electron chi connectivity index (χ1n) is 5.59. The lowest BCUT2D eigenvalue weighted by atomic mass is 9.76. The maximum atomic E-state index is 5.94. The van der Waals surface area contributed by atoms with Gasteiger partial charge in [0.25, 0.3) is 0 Å².